The average Bonchev–Trinajstić information content (AvgIpc) is 2.04. The lowest BCUT2D eigenvalue weighted by Crippen LogP contribution is -2.21. The molecule has 0 unspecified atom stereocenters. The van der Waals surface area contributed by atoms with E-state index < -0.39 is 10.1 Å². The van der Waals surface area contributed by atoms with Crippen LogP contribution in [0.15, 0.2) is 0 Å². The van der Waals surface area contributed by atoms with Crippen LogP contribution < -0.4 is 5.32 Å². The quantitative estimate of drug-likeness (QED) is 0.338. The predicted molar refractivity (Wildman–Crippen MR) is 53.7 cm³/mol. The fraction of sp³-hybridized carbons (Fsp3) is 1.00. The third kappa shape index (κ3) is 22.6. The summed E-state index contributed by atoms with van der Waals surface area (Å²) in [6.07, 6.45) is 0.471. The first-order valence-corrected chi connectivity index (χ1v) is 5.96. The molecular weight excluding hydrogens is 210 g/mol. The van der Waals surface area contributed by atoms with Crippen LogP contribution in [0.5, 0.6) is 0 Å². The molecule has 7 heteroatoms. The Balaban J connectivity index is 0. The number of aliphatic hydroxyl groups is 2. The van der Waals surface area contributed by atoms with Crippen molar-refractivity contribution in [2.45, 2.75) is 13.3 Å². The third-order valence-corrected chi connectivity index (χ3v) is 1.96. The second kappa shape index (κ2) is 10.9. The Morgan fingerprint density at radius 1 is 1.14 bits per heavy atom. The number of nitrogens with one attached hydrogen (secondary N) is 1. The monoisotopic (exact) mass is 229 g/mol. The Morgan fingerprint density at radius 3 is 1.71 bits per heavy atom. The molecule has 0 aliphatic carbocycles. The van der Waals surface area contributed by atoms with E-state index >= 15 is 0 Å². The summed E-state index contributed by atoms with van der Waals surface area (Å²) in [5.41, 5.74) is 0. The van der Waals surface area contributed by atoms with Crippen molar-refractivity contribution >= 4 is 10.1 Å². The van der Waals surface area contributed by atoms with Crippen LogP contribution in [-0.4, -0.2) is 55.2 Å². The highest BCUT2D eigenvalue weighted by Crippen LogP contribution is 1.83. The SMILES string of the molecule is CCCS(=O)(=O)O.OCCNCCO. The standard InChI is InChI=1S/C4H11NO2.C3H8O3S/c6-3-1-5-2-4-7;1-2-3-7(4,5)6/h5-7H,1-4H2;2-3H2,1H3,(H,4,5,6). The Bertz CT molecular complexity index is 188. The molecule has 0 spiro atoms. The summed E-state index contributed by atoms with van der Waals surface area (Å²) in [5.74, 6) is -0.132. The van der Waals surface area contributed by atoms with Gasteiger partial charge < -0.3 is 15.5 Å². The van der Waals surface area contributed by atoms with Crippen molar-refractivity contribution in [1.29, 1.82) is 0 Å². The maximum absolute atomic E-state index is 9.79. The molecule has 14 heavy (non-hydrogen) atoms. The van der Waals surface area contributed by atoms with Crippen LogP contribution in [0.4, 0.5) is 0 Å². The van der Waals surface area contributed by atoms with Crippen molar-refractivity contribution in [3.05, 3.63) is 0 Å². The second-order valence-electron chi connectivity index (χ2n) is 2.48. The summed E-state index contributed by atoms with van der Waals surface area (Å²) in [4.78, 5) is 0. The summed E-state index contributed by atoms with van der Waals surface area (Å²) in [6, 6.07) is 0. The second-order valence-corrected chi connectivity index (χ2v) is 4.06. The number of rotatable bonds is 6. The molecule has 6 nitrogen and oxygen atoms in total. The fourth-order valence-corrected chi connectivity index (χ4v) is 1.06. The number of hydrogen-bond donors (Lipinski definition) is 4. The van der Waals surface area contributed by atoms with Gasteiger partial charge in [0.05, 0.1) is 19.0 Å². The number of aliphatic hydroxyl groups excluding tert-OH is 2. The van der Waals surface area contributed by atoms with E-state index in [9.17, 15) is 8.42 Å². The van der Waals surface area contributed by atoms with E-state index in [1.54, 1.807) is 6.92 Å². The zero-order chi connectivity index (χ0) is 11.4. The minimum atomic E-state index is -3.67. The molecule has 0 aromatic heterocycles. The van der Waals surface area contributed by atoms with Crippen molar-refractivity contribution in [2.24, 2.45) is 0 Å². The van der Waals surface area contributed by atoms with E-state index in [1.807, 2.05) is 0 Å². The molecule has 4 N–H and O–H groups in total. The molecule has 0 aromatic rings. The molecule has 0 aliphatic heterocycles. The highest BCUT2D eigenvalue weighted by atomic mass is 32.2. The normalized spacial score (nSPS) is 10.6. The van der Waals surface area contributed by atoms with Gasteiger partial charge in [-0.3, -0.25) is 4.55 Å². The minimum Gasteiger partial charge on any atom is -0.395 e. The lowest BCUT2D eigenvalue weighted by atomic mass is 10.6. The summed E-state index contributed by atoms with van der Waals surface area (Å²) >= 11 is 0. The maximum Gasteiger partial charge on any atom is 0.264 e. The summed E-state index contributed by atoms with van der Waals surface area (Å²) < 4.78 is 27.6. The molecule has 0 heterocycles. The molecular formula is C7H19NO5S. The molecule has 0 bridgehead atoms. The van der Waals surface area contributed by atoms with Gasteiger partial charge in [-0.1, -0.05) is 6.92 Å². The van der Waals surface area contributed by atoms with Crippen LogP contribution in [0.3, 0.4) is 0 Å². The van der Waals surface area contributed by atoms with Crippen molar-refractivity contribution in [3.63, 3.8) is 0 Å². The first kappa shape index (κ1) is 16.2. The van der Waals surface area contributed by atoms with E-state index in [-0.39, 0.29) is 19.0 Å². The molecule has 88 valence electrons. The lowest BCUT2D eigenvalue weighted by Gasteiger charge is -1.94. The third-order valence-electron chi connectivity index (χ3n) is 1.04. The zero-order valence-electron chi connectivity index (χ0n) is 8.31. The molecule has 0 aliphatic rings. The summed E-state index contributed by atoms with van der Waals surface area (Å²) in [7, 11) is -3.67. The van der Waals surface area contributed by atoms with Crippen molar-refractivity contribution in [3.8, 4) is 0 Å². The van der Waals surface area contributed by atoms with Gasteiger partial charge >= 0.3 is 0 Å². The van der Waals surface area contributed by atoms with Crippen LogP contribution in [0.25, 0.3) is 0 Å². The summed E-state index contributed by atoms with van der Waals surface area (Å²) in [6.45, 7) is 3.11. The maximum atomic E-state index is 9.79. The van der Waals surface area contributed by atoms with Gasteiger partial charge in [0.15, 0.2) is 0 Å². The van der Waals surface area contributed by atoms with Gasteiger partial charge in [-0.25, -0.2) is 0 Å². The van der Waals surface area contributed by atoms with Crippen molar-refractivity contribution in [1.82, 2.24) is 5.32 Å². The smallest absolute Gasteiger partial charge is 0.264 e. The molecule has 0 amide bonds. The molecule has 0 saturated carbocycles. The highest BCUT2D eigenvalue weighted by Gasteiger charge is 1.98. The Kier molecular flexibility index (Phi) is 12.6. The molecule has 0 fully saturated rings. The van der Waals surface area contributed by atoms with Gasteiger partial charge in [0.2, 0.25) is 0 Å². The Hall–Kier alpha value is -0.210. The largest absolute Gasteiger partial charge is 0.395 e. The van der Waals surface area contributed by atoms with Crippen molar-refractivity contribution < 1.29 is 23.2 Å². The lowest BCUT2D eigenvalue weighted by molar-refractivity contribution is 0.266. The van der Waals surface area contributed by atoms with Crippen LogP contribution in [0.1, 0.15) is 13.3 Å². The minimum absolute atomic E-state index is 0.132. The van der Waals surface area contributed by atoms with Crippen molar-refractivity contribution in [2.75, 3.05) is 32.1 Å². The Morgan fingerprint density at radius 2 is 1.57 bits per heavy atom. The number of hydrogen-bond acceptors (Lipinski definition) is 5. The van der Waals surface area contributed by atoms with Gasteiger partial charge in [0, 0.05) is 13.1 Å². The van der Waals surface area contributed by atoms with Gasteiger partial charge in [0.25, 0.3) is 10.1 Å². The predicted octanol–water partition coefficient (Wildman–Crippen LogP) is -1.16. The van der Waals surface area contributed by atoms with Crippen LogP contribution in [-0.2, 0) is 10.1 Å². The Labute approximate surface area is 84.7 Å². The van der Waals surface area contributed by atoms with Crippen LogP contribution in [0.2, 0.25) is 0 Å². The van der Waals surface area contributed by atoms with Gasteiger partial charge in [-0.05, 0) is 6.42 Å². The molecule has 0 saturated heterocycles. The average molecular weight is 229 g/mol. The van der Waals surface area contributed by atoms with E-state index in [2.05, 4.69) is 5.32 Å². The van der Waals surface area contributed by atoms with Gasteiger partial charge in [0.1, 0.15) is 0 Å². The molecule has 0 radical (unpaired) electrons. The zero-order valence-corrected chi connectivity index (χ0v) is 9.13. The first-order chi connectivity index (χ1) is 6.47. The fourth-order valence-electron chi connectivity index (χ4n) is 0.541. The molecule has 0 aromatic carbocycles. The van der Waals surface area contributed by atoms with E-state index in [1.165, 1.54) is 0 Å². The van der Waals surface area contributed by atoms with Gasteiger partial charge in [-0.2, -0.15) is 8.42 Å². The van der Waals surface area contributed by atoms with Gasteiger partial charge in [-0.15, -0.1) is 0 Å². The van der Waals surface area contributed by atoms with E-state index in [0.29, 0.717) is 19.5 Å². The highest BCUT2D eigenvalue weighted by molar-refractivity contribution is 7.85. The summed E-state index contributed by atoms with van der Waals surface area (Å²) in [5, 5.41) is 19.1. The van der Waals surface area contributed by atoms with Crippen LogP contribution >= 0.6 is 0 Å². The molecule has 0 rings (SSSR count). The topological polar surface area (TPSA) is 107 Å². The molecule has 0 atom stereocenters. The van der Waals surface area contributed by atoms with E-state index in [4.69, 9.17) is 14.8 Å². The van der Waals surface area contributed by atoms with E-state index in [0.717, 1.165) is 0 Å². The first-order valence-electron chi connectivity index (χ1n) is 4.35. The van der Waals surface area contributed by atoms with Crippen LogP contribution in [0, 0.1) is 0 Å².